The molecule has 94 valence electrons. The topological polar surface area (TPSA) is 46.2 Å². The van der Waals surface area contributed by atoms with E-state index < -0.39 is 0 Å². The maximum Gasteiger partial charge on any atom is 0.263 e. The largest absolute Gasteiger partial charge is 0.344 e. The van der Waals surface area contributed by atoms with Crippen LogP contribution in [0.3, 0.4) is 0 Å². The number of aryl methyl sites for hydroxylation is 1. The predicted octanol–water partition coefficient (Wildman–Crippen LogP) is 3.38. The van der Waals surface area contributed by atoms with Crippen LogP contribution < -0.4 is 5.32 Å². The summed E-state index contributed by atoms with van der Waals surface area (Å²) in [7, 11) is 0. The second-order valence-corrected chi connectivity index (χ2v) is 5.85. The van der Waals surface area contributed by atoms with Gasteiger partial charge in [-0.15, -0.1) is 22.7 Å². The van der Waals surface area contributed by atoms with Crippen LogP contribution in [-0.2, 0) is 0 Å². The van der Waals surface area contributed by atoms with Gasteiger partial charge < -0.3 is 5.32 Å². The number of nitrogens with one attached hydrogen (secondary N) is 1. The van der Waals surface area contributed by atoms with Crippen molar-refractivity contribution in [3.05, 3.63) is 43.2 Å². The van der Waals surface area contributed by atoms with Crippen LogP contribution in [0.2, 0.25) is 5.02 Å². The van der Waals surface area contributed by atoms with E-state index in [2.05, 4.69) is 5.32 Å². The molecule has 2 aromatic heterocycles. The Kier molecular flexibility index (Phi) is 4.16. The van der Waals surface area contributed by atoms with Crippen LogP contribution in [0.4, 0.5) is 0 Å². The van der Waals surface area contributed by atoms with Gasteiger partial charge in [0.2, 0.25) is 0 Å². The monoisotopic (exact) mass is 299 g/mol. The van der Waals surface area contributed by atoms with E-state index in [0.29, 0.717) is 14.8 Å². The quantitative estimate of drug-likeness (QED) is 0.880. The number of amides is 1. The average Bonchev–Trinajstić information content (AvgIpc) is 2.98. The van der Waals surface area contributed by atoms with Gasteiger partial charge in [-0.1, -0.05) is 17.7 Å². The fourth-order valence-corrected chi connectivity index (χ4v) is 3.21. The second-order valence-electron chi connectivity index (χ2n) is 3.64. The molecule has 0 aromatic carbocycles. The Morgan fingerprint density at radius 3 is 2.72 bits per heavy atom. The van der Waals surface area contributed by atoms with E-state index in [1.165, 1.54) is 22.7 Å². The van der Waals surface area contributed by atoms with Crippen LogP contribution >= 0.6 is 34.3 Å². The Morgan fingerprint density at radius 2 is 2.17 bits per heavy atom. The fraction of sp³-hybridized carbons (Fsp3) is 0.167. The summed E-state index contributed by atoms with van der Waals surface area (Å²) < 4.78 is 0. The number of Topliss-reactive ketones (excluding diaryl/α,β-unsaturated/α-hetero) is 1. The van der Waals surface area contributed by atoms with Crippen molar-refractivity contribution in [2.75, 3.05) is 6.54 Å². The highest BCUT2D eigenvalue weighted by atomic mass is 35.5. The number of rotatable bonds is 4. The molecule has 0 saturated heterocycles. The van der Waals surface area contributed by atoms with Crippen molar-refractivity contribution in [3.8, 4) is 0 Å². The van der Waals surface area contributed by atoms with Crippen LogP contribution in [-0.4, -0.2) is 18.2 Å². The zero-order valence-electron chi connectivity index (χ0n) is 9.53. The summed E-state index contributed by atoms with van der Waals surface area (Å²) in [5.41, 5.74) is 0.872. The van der Waals surface area contributed by atoms with Crippen molar-refractivity contribution in [3.63, 3.8) is 0 Å². The maximum absolute atomic E-state index is 11.8. The van der Waals surface area contributed by atoms with E-state index in [1.807, 2.05) is 17.7 Å². The molecular formula is C12H10ClNO2S2. The highest BCUT2D eigenvalue weighted by molar-refractivity contribution is 7.13. The average molecular weight is 300 g/mol. The van der Waals surface area contributed by atoms with Gasteiger partial charge in [0.15, 0.2) is 5.78 Å². The van der Waals surface area contributed by atoms with Crippen LogP contribution in [0.5, 0.6) is 0 Å². The summed E-state index contributed by atoms with van der Waals surface area (Å²) in [6, 6.07) is 3.54. The van der Waals surface area contributed by atoms with Gasteiger partial charge in [0.05, 0.1) is 16.4 Å². The number of thiophene rings is 2. The molecule has 2 rings (SSSR count). The van der Waals surface area contributed by atoms with E-state index in [4.69, 9.17) is 11.6 Å². The third-order valence-corrected chi connectivity index (χ3v) is 4.92. The Hall–Kier alpha value is -1.17. The Morgan fingerprint density at radius 1 is 1.39 bits per heavy atom. The Balaban J connectivity index is 1.97. The molecule has 0 saturated carbocycles. The molecular weight excluding hydrogens is 290 g/mol. The minimum Gasteiger partial charge on any atom is -0.344 e. The normalized spacial score (nSPS) is 10.3. The molecule has 0 atom stereocenters. The smallest absolute Gasteiger partial charge is 0.263 e. The number of carbonyl (C=O) groups is 2. The minimum atomic E-state index is -0.303. The first-order valence-electron chi connectivity index (χ1n) is 5.18. The first kappa shape index (κ1) is 13.3. The molecule has 0 aliphatic heterocycles. The highest BCUT2D eigenvalue weighted by Gasteiger charge is 2.16. The third-order valence-electron chi connectivity index (χ3n) is 2.31. The van der Waals surface area contributed by atoms with Crippen molar-refractivity contribution >= 4 is 46.0 Å². The maximum atomic E-state index is 11.8. The van der Waals surface area contributed by atoms with Gasteiger partial charge in [0.1, 0.15) is 4.88 Å². The van der Waals surface area contributed by atoms with Gasteiger partial charge in [-0.3, -0.25) is 9.59 Å². The predicted molar refractivity (Wildman–Crippen MR) is 75.0 cm³/mol. The lowest BCUT2D eigenvalue weighted by atomic mass is 10.3. The summed E-state index contributed by atoms with van der Waals surface area (Å²) >= 11 is 8.63. The molecule has 2 aromatic rings. The van der Waals surface area contributed by atoms with Crippen LogP contribution in [0.25, 0.3) is 0 Å². The van der Waals surface area contributed by atoms with Crippen LogP contribution in [0, 0.1) is 6.92 Å². The standard InChI is InChI=1S/C12H10ClNO2S2/c1-7-6-18-11(10(7)13)12(16)14-5-8(15)9-3-2-4-17-9/h2-4,6H,5H2,1H3,(H,14,16). The van der Waals surface area contributed by atoms with E-state index in [-0.39, 0.29) is 18.2 Å². The van der Waals surface area contributed by atoms with Gasteiger partial charge in [-0.25, -0.2) is 0 Å². The summed E-state index contributed by atoms with van der Waals surface area (Å²) in [5, 5.41) is 6.69. The van der Waals surface area contributed by atoms with Crippen molar-refractivity contribution in [2.45, 2.75) is 6.92 Å². The van der Waals surface area contributed by atoms with E-state index in [1.54, 1.807) is 12.1 Å². The summed E-state index contributed by atoms with van der Waals surface area (Å²) in [6.07, 6.45) is 0. The lowest BCUT2D eigenvalue weighted by Gasteiger charge is -2.02. The molecule has 0 radical (unpaired) electrons. The molecule has 18 heavy (non-hydrogen) atoms. The minimum absolute atomic E-state index is 0.00732. The summed E-state index contributed by atoms with van der Waals surface area (Å²) in [6.45, 7) is 1.83. The Labute approximate surface area is 117 Å². The SMILES string of the molecule is Cc1csc(C(=O)NCC(=O)c2cccs2)c1Cl. The molecule has 1 amide bonds. The molecule has 0 bridgehead atoms. The number of hydrogen-bond acceptors (Lipinski definition) is 4. The first-order valence-corrected chi connectivity index (χ1v) is 7.32. The number of ketones is 1. The van der Waals surface area contributed by atoms with E-state index in [0.717, 1.165) is 5.56 Å². The van der Waals surface area contributed by atoms with Crippen molar-refractivity contribution < 1.29 is 9.59 Å². The summed E-state index contributed by atoms with van der Waals surface area (Å²) in [4.78, 5) is 24.6. The van der Waals surface area contributed by atoms with Gasteiger partial charge in [-0.2, -0.15) is 0 Å². The van der Waals surface area contributed by atoms with Gasteiger partial charge in [0, 0.05) is 0 Å². The highest BCUT2D eigenvalue weighted by Crippen LogP contribution is 2.26. The lowest BCUT2D eigenvalue weighted by molar-refractivity contribution is 0.0908. The molecule has 0 aliphatic carbocycles. The van der Waals surface area contributed by atoms with Gasteiger partial charge in [-0.05, 0) is 29.3 Å². The molecule has 0 aliphatic rings. The fourth-order valence-electron chi connectivity index (χ4n) is 1.35. The molecule has 3 nitrogen and oxygen atoms in total. The number of hydrogen-bond donors (Lipinski definition) is 1. The van der Waals surface area contributed by atoms with E-state index >= 15 is 0 Å². The van der Waals surface area contributed by atoms with Gasteiger partial charge >= 0.3 is 0 Å². The number of halogens is 1. The number of carbonyl (C=O) groups excluding carboxylic acids is 2. The zero-order valence-corrected chi connectivity index (χ0v) is 11.9. The molecule has 0 spiro atoms. The molecule has 1 N–H and O–H groups in total. The second kappa shape index (κ2) is 5.65. The van der Waals surface area contributed by atoms with E-state index in [9.17, 15) is 9.59 Å². The zero-order chi connectivity index (χ0) is 13.1. The molecule has 2 heterocycles. The molecule has 0 fully saturated rings. The summed E-state index contributed by atoms with van der Waals surface area (Å²) in [5.74, 6) is -0.397. The van der Waals surface area contributed by atoms with Crippen LogP contribution in [0.1, 0.15) is 24.9 Å². The third kappa shape index (κ3) is 2.80. The van der Waals surface area contributed by atoms with Crippen molar-refractivity contribution in [1.29, 1.82) is 0 Å². The first-order chi connectivity index (χ1) is 8.59. The van der Waals surface area contributed by atoms with Crippen LogP contribution in [0.15, 0.2) is 22.9 Å². The molecule has 6 heteroatoms. The van der Waals surface area contributed by atoms with Gasteiger partial charge in [0.25, 0.3) is 5.91 Å². The molecule has 0 unspecified atom stereocenters. The van der Waals surface area contributed by atoms with Crippen molar-refractivity contribution in [2.24, 2.45) is 0 Å². The lowest BCUT2D eigenvalue weighted by Crippen LogP contribution is -2.28. The Bertz CT molecular complexity index is 575. The van der Waals surface area contributed by atoms with Crippen molar-refractivity contribution in [1.82, 2.24) is 5.32 Å².